The number of nitrogens with zero attached hydrogens (tertiary/aromatic N) is 1. The van der Waals surface area contributed by atoms with Crippen molar-refractivity contribution in [2.45, 2.75) is 19.6 Å². The Balaban J connectivity index is 2.14. The van der Waals surface area contributed by atoms with Crippen LogP contribution in [0, 0.1) is 0 Å². The van der Waals surface area contributed by atoms with E-state index in [0.29, 0.717) is 0 Å². The number of benzene rings is 2. The van der Waals surface area contributed by atoms with Gasteiger partial charge in [0.1, 0.15) is 6.54 Å². The summed E-state index contributed by atoms with van der Waals surface area (Å²) < 4.78 is 39.0. The molecule has 0 fully saturated rings. The molecular formula is C18H16ClF3N2O2. The number of amides is 2. The van der Waals surface area contributed by atoms with E-state index in [2.05, 4.69) is 5.32 Å². The van der Waals surface area contributed by atoms with E-state index in [1.54, 1.807) is 0 Å². The second-order valence-corrected chi connectivity index (χ2v) is 5.94. The van der Waals surface area contributed by atoms with Crippen molar-refractivity contribution in [1.29, 1.82) is 0 Å². The predicted octanol–water partition coefficient (Wildman–Crippen LogP) is 4.03. The number of rotatable bonds is 5. The Bertz CT molecular complexity index is 795. The predicted molar refractivity (Wildman–Crippen MR) is 92.8 cm³/mol. The van der Waals surface area contributed by atoms with Crippen LogP contribution in [0.3, 0.4) is 0 Å². The van der Waals surface area contributed by atoms with E-state index in [1.807, 2.05) is 30.3 Å². The number of hydrogen-bond donors (Lipinski definition) is 1. The molecule has 0 unspecified atom stereocenters. The Morgan fingerprint density at radius 2 is 1.77 bits per heavy atom. The number of anilines is 1. The first kappa shape index (κ1) is 19.8. The lowest BCUT2D eigenvalue weighted by molar-refractivity contribution is -0.137. The van der Waals surface area contributed by atoms with Crippen molar-refractivity contribution in [3.05, 3.63) is 64.7 Å². The summed E-state index contributed by atoms with van der Waals surface area (Å²) in [4.78, 5) is 24.9. The standard InChI is InChI=1S/C18H16ClF3N2O2/c1-12(25)24(11-17(26)23-10-13-5-3-2-4-6-13)14-7-8-16(19)15(9-14)18(20,21)22/h2-9H,10-11H2,1H3,(H,23,26). The molecule has 0 aromatic heterocycles. The molecule has 1 N–H and O–H groups in total. The van der Waals surface area contributed by atoms with Crippen LogP contribution in [-0.4, -0.2) is 18.4 Å². The lowest BCUT2D eigenvalue weighted by atomic mass is 10.1. The van der Waals surface area contributed by atoms with Crippen LogP contribution in [-0.2, 0) is 22.3 Å². The largest absolute Gasteiger partial charge is 0.417 e. The monoisotopic (exact) mass is 384 g/mol. The van der Waals surface area contributed by atoms with Gasteiger partial charge in [0, 0.05) is 19.2 Å². The third-order valence-corrected chi connectivity index (χ3v) is 3.91. The first-order valence-electron chi connectivity index (χ1n) is 7.64. The van der Waals surface area contributed by atoms with Gasteiger partial charge in [-0.1, -0.05) is 41.9 Å². The minimum absolute atomic E-state index is 0.0518. The fourth-order valence-corrected chi connectivity index (χ4v) is 2.50. The number of hydrogen-bond acceptors (Lipinski definition) is 2. The van der Waals surface area contributed by atoms with Crippen molar-refractivity contribution >= 4 is 29.1 Å². The zero-order chi connectivity index (χ0) is 19.3. The van der Waals surface area contributed by atoms with Crippen LogP contribution in [0.15, 0.2) is 48.5 Å². The lowest BCUT2D eigenvalue weighted by Crippen LogP contribution is -2.39. The van der Waals surface area contributed by atoms with Crippen molar-refractivity contribution in [3.8, 4) is 0 Å². The Morgan fingerprint density at radius 1 is 1.12 bits per heavy atom. The van der Waals surface area contributed by atoms with Gasteiger partial charge in [-0.25, -0.2) is 0 Å². The van der Waals surface area contributed by atoms with E-state index in [4.69, 9.17) is 11.6 Å². The summed E-state index contributed by atoms with van der Waals surface area (Å²) in [6, 6.07) is 12.2. The molecule has 0 spiro atoms. The van der Waals surface area contributed by atoms with Gasteiger partial charge in [0.25, 0.3) is 0 Å². The van der Waals surface area contributed by atoms with Gasteiger partial charge in [0.2, 0.25) is 11.8 Å². The van der Waals surface area contributed by atoms with Gasteiger partial charge in [-0.2, -0.15) is 13.2 Å². The summed E-state index contributed by atoms with van der Waals surface area (Å²) >= 11 is 5.59. The molecule has 2 amide bonds. The van der Waals surface area contributed by atoms with E-state index in [0.717, 1.165) is 22.6 Å². The summed E-state index contributed by atoms with van der Waals surface area (Å²) in [5.74, 6) is -1.05. The summed E-state index contributed by atoms with van der Waals surface area (Å²) in [6.07, 6.45) is -4.66. The second kappa shape index (κ2) is 8.23. The summed E-state index contributed by atoms with van der Waals surface area (Å²) in [5.41, 5.74) is -0.252. The topological polar surface area (TPSA) is 49.4 Å². The molecule has 4 nitrogen and oxygen atoms in total. The normalized spacial score (nSPS) is 11.1. The van der Waals surface area contributed by atoms with Crippen LogP contribution in [0.4, 0.5) is 18.9 Å². The van der Waals surface area contributed by atoms with Gasteiger partial charge in [-0.3, -0.25) is 9.59 Å². The number of alkyl halides is 3. The van der Waals surface area contributed by atoms with Crippen LogP contribution in [0.5, 0.6) is 0 Å². The molecule has 0 bridgehead atoms. The summed E-state index contributed by atoms with van der Waals surface area (Å²) in [7, 11) is 0. The SMILES string of the molecule is CC(=O)N(CC(=O)NCc1ccccc1)c1ccc(Cl)c(C(F)(F)F)c1. The maximum Gasteiger partial charge on any atom is 0.417 e. The Morgan fingerprint density at radius 3 is 2.35 bits per heavy atom. The molecule has 2 rings (SSSR count). The van der Waals surface area contributed by atoms with Crippen LogP contribution in [0.1, 0.15) is 18.1 Å². The third kappa shape index (κ3) is 5.23. The maximum atomic E-state index is 13.0. The number of carbonyl (C=O) groups excluding carboxylic acids is 2. The minimum Gasteiger partial charge on any atom is -0.350 e. The molecule has 0 aliphatic rings. The Labute approximate surface area is 153 Å². The smallest absolute Gasteiger partial charge is 0.350 e. The first-order valence-corrected chi connectivity index (χ1v) is 8.01. The molecular weight excluding hydrogens is 369 g/mol. The van der Waals surface area contributed by atoms with Gasteiger partial charge >= 0.3 is 6.18 Å². The van der Waals surface area contributed by atoms with Gasteiger partial charge in [0.15, 0.2) is 0 Å². The molecule has 0 aliphatic heterocycles. The second-order valence-electron chi connectivity index (χ2n) is 5.53. The van der Waals surface area contributed by atoms with E-state index < -0.39 is 35.1 Å². The van der Waals surface area contributed by atoms with E-state index >= 15 is 0 Å². The highest BCUT2D eigenvalue weighted by Gasteiger charge is 2.34. The molecule has 0 saturated carbocycles. The molecule has 2 aromatic carbocycles. The number of nitrogens with one attached hydrogen (secondary N) is 1. The zero-order valence-corrected chi connectivity index (χ0v) is 14.6. The molecule has 0 atom stereocenters. The average molecular weight is 385 g/mol. The van der Waals surface area contributed by atoms with Crippen LogP contribution in [0.2, 0.25) is 5.02 Å². The minimum atomic E-state index is -4.66. The molecule has 138 valence electrons. The quantitative estimate of drug-likeness (QED) is 0.846. The fraction of sp³-hybridized carbons (Fsp3) is 0.222. The van der Waals surface area contributed by atoms with Gasteiger partial charge in [-0.15, -0.1) is 0 Å². The molecule has 0 aliphatic carbocycles. The molecule has 8 heteroatoms. The molecule has 0 heterocycles. The van der Waals surface area contributed by atoms with Crippen molar-refractivity contribution < 1.29 is 22.8 Å². The number of carbonyl (C=O) groups is 2. The van der Waals surface area contributed by atoms with E-state index in [9.17, 15) is 22.8 Å². The first-order chi connectivity index (χ1) is 12.2. The van der Waals surface area contributed by atoms with Crippen LogP contribution >= 0.6 is 11.6 Å². The van der Waals surface area contributed by atoms with Crippen molar-refractivity contribution in [3.63, 3.8) is 0 Å². The van der Waals surface area contributed by atoms with Crippen molar-refractivity contribution in [2.24, 2.45) is 0 Å². The van der Waals surface area contributed by atoms with Gasteiger partial charge in [-0.05, 0) is 23.8 Å². The lowest BCUT2D eigenvalue weighted by Gasteiger charge is -2.22. The Hall–Kier alpha value is -2.54. The highest BCUT2D eigenvalue weighted by Crippen LogP contribution is 2.36. The van der Waals surface area contributed by atoms with Crippen LogP contribution in [0.25, 0.3) is 0 Å². The third-order valence-electron chi connectivity index (χ3n) is 3.58. The van der Waals surface area contributed by atoms with Crippen molar-refractivity contribution in [2.75, 3.05) is 11.4 Å². The number of halogens is 4. The summed E-state index contributed by atoms with van der Waals surface area (Å²) in [6.45, 7) is 1.02. The Kier molecular flexibility index (Phi) is 6.26. The van der Waals surface area contributed by atoms with Crippen molar-refractivity contribution in [1.82, 2.24) is 5.32 Å². The zero-order valence-electron chi connectivity index (χ0n) is 13.8. The van der Waals surface area contributed by atoms with Gasteiger partial charge < -0.3 is 10.2 Å². The molecule has 2 aromatic rings. The van der Waals surface area contributed by atoms with E-state index in [1.165, 1.54) is 13.0 Å². The molecule has 0 saturated heterocycles. The highest BCUT2D eigenvalue weighted by molar-refractivity contribution is 6.31. The highest BCUT2D eigenvalue weighted by atomic mass is 35.5. The molecule has 26 heavy (non-hydrogen) atoms. The maximum absolute atomic E-state index is 13.0. The molecule has 0 radical (unpaired) electrons. The fourth-order valence-electron chi connectivity index (χ4n) is 2.28. The van der Waals surface area contributed by atoms with E-state index in [-0.39, 0.29) is 12.2 Å². The van der Waals surface area contributed by atoms with Gasteiger partial charge in [0.05, 0.1) is 10.6 Å². The average Bonchev–Trinajstić information content (AvgIpc) is 2.58. The van der Waals surface area contributed by atoms with Crippen LogP contribution < -0.4 is 10.2 Å². The summed E-state index contributed by atoms with van der Waals surface area (Å²) in [5, 5.41) is 2.16.